The number of benzene rings is 1. The fourth-order valence-electron chi connectivity index (χ4n) is 3.60. The summed E-state index contributed by atoms with van der Waals surface area (Å²) in [6.07, 6.45) is 6.43. The van der Waals surface area contributed by atoms with E-state index in [1.807, 2.05) is 68.5 Å². The molecule has 33 heavy (non-hydrogen) atoms. The predicted octanol–water partition coefficient (Wildman–Crippen LogP) is 6.59. The van der Waals surface area contributed by atoms with Gasteiger partial charge in [0.2, 0.25) is 0 Å². The molecule has 3 rings (SSSR count). The zero-order valence-corrected chi connectivity index (χ0v) is 21.8. The number of aliphatic hydroxyl groups is 1. The SMILES string of the molecule is CC(=O)O.CCC(C)C(C)N1C(O)C(C2=CC(Cl)=CCC(Cl)=C2)=NC1(C)C.c1ccccc1. The van der Waals surface area contributed by atoms with Gasteiger partial charge in [-0.25, -0.2) is 4.90 Å². The van der Waals surface area contributed by atoms with E-state index in [-0.39, 0.29) is 6.04 Å². The Labute approximate surface area is 208 Å². The van der Waals surface area contributed by atoms with Crippen molar-refractivity contribution >= 4 is 34.9 Å². The van der Waals surface area contributed by atoms with Crippen molar-refractivity contribution in [2.45, 2.75) is 72.3 Å². The first-order valence-electron chi connectivity index (χ1n) is 11.1. The Kier molecular flexibility index (Phi) is 12.1. The number of rotatable bonds is 4. The van der Waals surface area contributed by atoms with Crippen molar-refractivity contribution in [1.29, 1.82) is 0 Å². The Morgan fingerprint density at radius 1 is 1.15 bits per heavy atom. The number of carboxylic acid groups (broad SMARTS) is 1. The van der Waals surface area contributed by atoms with E-state index in [0.29, 0.717) is 28.1 Å². The lowest BCUT2D eigenvalue weighted by Gasteiger charge is -2.39. The summed E-state index contributed by atoms with van der Waals surface area (Å²) in [4.78, 5) is 15.9. The Morgan fingerprint density at radius 2 is 1.64 bits per heavy atom. The zero-order valence-electron chi connectivity index (χ0n) is 20.3. The summed E-state index contributed by atoms with van der Waals surface area (Å²) in [6.45, 7) is 11.7. The number of halogens is 2. The van der Waals surface area contributed by atoms with Gasteiger partial charge in [0.15, 0.2) is 6.23 Å². The van der Waals surface area contributed by atoms with Crippen molar-refractivity contribution in [3.63, 3.8) is 0 Å². The van der Waals surface area contributed by atoms with Gasteiger partial charge < -0.3 is 10.2 Å². The highest BCUT2D eigenvalue weighted by Crippen LogP contribution is 2.35. The molecule has 1 aromatic carbocycles. The summed E-state index contributed by atoms with van der Waals surface area (Å²) in [5, 5.41) is 19.7. The minimum Gasteiger partial charge on any atom is -0.481 e. The summed E-state index contributed by atoms with van der Waals surface area (Å²) < 4.78 is 0. The van der Waals surface area contributed by atoms with Gasteiger partial charge in [-0.1, -0.05) is 85.9 Å². The summed E-state index contributed by atoms with van der Waals surface area (Å²) >= 11 is 12.4. The smallest absolute Gasteiger partial charge is 0.300 e. The maximum atomic E-state index is 10.9. The molecule has 2 aliphatic rings. The summed E-state index contributed by atoms with van der Waals surface area (Å²) in [6, 6.07) is 12.2. The van der Waals surface area contributed by atoms with E-state index in [1.54, 1.807) is 0 Å². The van der Waals surface area contributed by atoms with E-state index in [2.05, 4.69) is 25.7 Å². The number of hydrogen-bond donors (Lipinski definition) is 2. The largest absolute Gasteiger partial charge is 0.481 e. The van der Waals surface area contributed by atoms with Crippen LogP contribution in [-0.2, 0) is 4.79 Å². The molecule has 0 saturated carbocycles. The number of aliphatic carboxylic acids is 1. The summed E-state index contributed by atoms with van der Waals surface area (Å²) in [5.41, 5.74) is 0.950. The molecule has 0 amide bonds. The molecule has 0 saturated heterocycles. The lowest BCUT2D eigenvalue weighted by Crippen LogP contribution is -2.52. The maximum Gasteiger partial charge on any atom is 0.300 e. The fourth-order valence-corrected chi connectivity index (χ4v) is 3.99. The van der Waals surface area contributed by atoms with Crippen LogP contribution < -0.4 is 0 Å². The molecule has 1 aromatic rings. The lowest BCUT2D eigenvalue weighted by molar-refractivity contribution is -0.134. The van der Waals surface area contributed by atoms with Crippen molar-refractivity contribution < 1.29 is 15.0 Å². The standard InChI is InChI=1S/C18H26Cl2N2O.C6H6.C2H4O2/c1-6-11(2)12(3)22-17(23)16(21-18(22,4)5)13-9-14(19)7-8-15(20)10-13;1-2-4-6-5-3-1;1-2(3)4/h7,9-12,17,23H,6,8H2,1-5H3;1-6H;1H3,(H,3,4). The van der Waals surface area contributed by atoms with Crippen molar-refractivity contribution in [3.05, 3.63) is 70.3 Å². The number of nitrogens with zero attached hydrogens (tertiary/aromatic N) is 2. The molecule has 3 unspecified atom stereocenters. The van der Waals surface area contributed by atoms with E-state index >= 15 is 0 Å². The van der Waals surface area contributed by atoms with Gasteiger partial charge in [-0.2, -0.15) is 0 Å². The van der Waals surface area contributed by atoms with Gasteiger partial charge in [0.1, 0.15) is 5.66 Å². The molecular weight excluding hydrogens is 459 g/mol. The Balaban J connectivity index is 0.000000450. The van der Waals surface area contributed by atoms with E-state index in [4.69, 9.17) is 38.1 Å². The van der Waals surface area contributed by atoms with Gasteiger partial charge in [-0.05, 0) is 38.8 Å². The molecule has 0 aromatic heterocycles. The zero-order chi connectivity index (χ0) is 25.2. The Morgan fingerprint density at radius 3 is 2.09 bits per heavy atom. The van der Waals surface area contributed by atoms with Gasteiger partial charge in [0, 0.05) is 35.0 Å². The van der Waals surface area contributed by atoms with E-state index < -0.39 is 17.9 Å². The maximum absolute atomic E-state index is 10.9. The molecule has 0 fully saturated rings. The number of hydrogen-bond acceptors (Lipinski definition) is 4. The second-order valence-electron chi connectivity index (χ2n) is 8.56. The molecule has 5 nitrogen and oxygen atoms in total. The van der Waals surface area contributed by atoms with Crippen molar-refractivity contribution in [2.75, 3.05) is 0 Å². The Bertz CT molecular complexity index is 861. The number of aliphatic imine (C=N–C) groups is 1. The van der Waals surface area contributed by atoms with Crippen molar-refractivity contribution in [1.82, 2.24) is 4.90 Å². The van der Waals surface area contributed by atoms with Crippen LogP contribution in [0.3, 0.4) is 0 Å². The average molecular weight is 495 g/mol. The predicted molar refractivity (Wildman–Crippen MR) is 139 cm³/mol. The molecule has 7 heteroatoms. The molecule has 0 radical (unpaired) electrons. The number of carboxylic acids is 1. The van der Waals surface area contributed by atoms with Crippen LogP contribution in [0, 0.1) is 5.92 Å². The highest BCUT2D eigenvalue weighted by Gasteiger charge is 2.45. The van der Waals surface area contributed by atoms with Gasteiger partial charge in [0.25, 0.3) is 5.97 Å². The van der Waals surface area contributed by atoms with E-state index in [0.717, 1.165) is 18.9 Å². The van der Waals surface area contributed by atoms with Crippen molar-refractivity contribution in [3.8, 4) is 0 Å². The van der Waals surface area contributed by atoms with Crippen LogP contribution in [0.2, 0.25) is 0 Å². The lowest BCUT2D eigenvalue weighted by atomic mass is 9.96. The van der Waals surface area contributed by atoms with Crippen LogP contribution in [0.15, 0.2) is 75.3 Å². The van der Waals surface area contributed by atoms with Crippen LogP contribution in [0.1, 0.15) is 54.4 Å². The molecule has 182 valence electrons. The van der Waals surface area contributed by atoms with Crippen LogP contribution in [0.5, 0.6) is 0 Å². The van der Waals surface area contributed by atoms with Gasteiger partial charge in [-0.3, -0.25) is 9.79 Å². The summed E-state index contributed by atoms with van der Waals surface area (Å²) in [5.74, 6) is -0.371. The number of carbonyl (C=O) groups is 1. The highest BCUT2D eigenvalue weighted by molar-refractivity contribution is 6.33. The normalized spacial score (nSPS) is 21.4. The van der Waals surface area contributed by atoms with Gasteiger partial charge in [-0.15, -0.1) is 0 Å². The molecule has 0 bridgehead atoms. The molecular formula is C26H36Cl2N2O3. The van der Waals surface area contributed by atoms with Crippen LogP contribution in [0.25, 0.3) is 0 Å². The van der Waals surface area contributed by atoms with Gasteiger partial charge in [0.05, 0.1) is 5.71 Å². The molecule has 0 spiro atoms. The monoisotopic (exact) mass is 494 g/mol. The first-order valence-corrected chi connectivity index (χ1v) is 11.9. The number of aliphatic hydroxyl groups excluding tert-OH is 1. The third kappa shape index (κ3) is 9.46. The third-order valence-electron chi connectivity index (χ3n) is 5.50. The molecule has 2 N–H and O–H groups in total. The average Bonchev–Trinajstić information content (AvgIpc) is 2.87. The topological polar surface area (TPSA) is 73.1 Å². The number of allylic oxidation sites excluding steroid dienone is 5. The molecule has 1 heterocycles. The van der Waals surface area contributed by atoms with Crippen LogP contribution >= 0.6 is 23.2 Å². The van der Waals surface area contributed by atoms with Gasteiger partial charge >= 0.3 is 0 Å². The second kappa shape index (κ2) is 13.7. The Hall–Kier alpha value is -1.92. The molecule has 1 aliphatic heterocycles. The van der Waals surface area contributed by atoms with E-state index in [1.165, 1.54) is 0 Å². The van der Waals surface area contributed by atoms with E-state index in [9.17, 15) is 5.11 Å². The van der Waals surface area contributed by atoms with Crippen LogP contribution in [0.4, 0.5) is 0 Å². The third-order valence-corrected chi connectivity index (χ3v) is 6.03. The minimum absolute atomic E-state index is 0.211. The first-order chi connectivity index (χ1) is 15.4. The fraction of sp³-hybridized carbons (Fsp3) is 0.462. The highest BCUT2D eigenvalue weighted by atomic mass is 35.5. The molecule has 3 atom stereocenters. The van der Waals surface area contributed by atoms with Crippen LogP contribution in [-0.4, -0.2) is 44.7 Å². The second-order valence-corrected chi connectivity index (χ2v) is 9.48. The summed E-state index contributed by atoms with van der Waals surface area (Å²) in [7, 11) is 0. The quantitative estimate of drug-likeness (QED) is 0.495. The molecule has 1 aliphatic carbocycles. The minimum atomic E-state index is -0.833. The van der Waals surface area contributed by atoms with Crippen molar-refractivity contribution in [2.24, 2.45) is 10.9 Å². The first kappa shape index (κ1) is 29.1.